The summed E-state index contributed by atoms with van der Waals surface area (Å²) in [7, 11) is 0. The highest BCUT2D eigenvalue weighted by molar-refractivity contribution is 6.31. The number of halogens is 1. The minimum absolute atomic E-state index is 0.336. The van der Waals surface area contributed by atoms with Crippen molar-refractivity contribution in [1.82, 2.24) is 0 Å². The zero-order valence-electron chi connectivity index (χ0n) is 12.6. The molecule has 0 aliphatic rings. The smallest absolute Gasteiger partial charge is 0.335 e. The summed E-state index contributed by atoms with van der Waals surface area (Å²) in [6.45, 7) is 8.69. The number of carbonyl (C=O) groups is 2. The van der Waals surface area contributed by atoms with E-state index < -0.39 is 11.9 Å². The lowest BCUT2D eigenvalue weighted by atomic mass is 10.0. The summed E-state index contributed by atoms with van der Waals surface area (Å²) in [5.41, 5.74) is 0.724. The van der Waals surface area contributed by atoms with E-state index in [1.54, 1.807) is 24.3 Å². The molecule has 2 aromatic rings. The van der Waals surface area contributed by atoms with Crippen molar-refractivity contribution in [3.63, 3.8) is 0 Å². The monoisotopic (exact) mass is 330 g/mol. The van der Waals surface area contributed by atoms with E-state index in [4.69, 9.17) is 21.1 Å². The number of aryl methyl sites for hydroxylation is 1. The Morgan fingerprint density at radius 2 is 1.74 bits per heavy atom. The van der Waals surface area contributed by atoms with Gasteiger partial charge in [-0.3, -0.25) is 0 Å². The van der Waals surface area contributed by atoms with Crippen LogP contribution in [0.3, 0.4) is 0 Å². The van der Waals surface area contributed by atoms with Gasteiger partial charge in [0.1, 0.15) is 11.5 Å². The second kappa shape index (κ2) is 7.11. The molecule has 5 heteroatoms. The summed E-state index contributed by atoms with van der Waals surface area (Å²) in [4.78, 5) is 23.2. The van der Waals surface area contributed by atoms with Gasteiger partial charge in [-0.25, -0.2) is 9.59 Å². The standard InChI is InChI=1S/C18H15ClO4/c1-4-11-9-15(22-16(20)5-2)14-10-12(19)7-8-13(14)18(11)23-17(21)6-3/h5-10H,2-4H2,1H3. The highest BCUT2D eigenvalue weighted by Crippen LogP contribution is 2.38. The van der Waals surface area contributed by atoms with Gasteiger partial charge in [-0.05, 0) is 36.2 Å². The van der Waals surface area contributed by atoms with Gasteiger partial charge >= 0.3 is 11.9 Å². The van der Waals surface area contributed by atoms with Crippen molar-refractivity contribution in [3.8, 4) is 11.5 Å². The van der Waals surface area contributed by atoms with Gasteiger partial charge in [-0.1, -0.05) is 31.7 Å². The molecule has 0 aromatic heterocycles. The van der Waals surface area contributed by atoms with Crippen molar-refractivity contribution in [1.29, 1.82) is 0 Å². The van der Waals surface area contributed by atoms with Crippen LogP contribution in [0.2, 0.25) is 5.02 Å². The lowest BCUT2D eigenvalue weighted by Gasteiger charge is -2.15. The normalized spacial score (nSPS) is 10.2. The topological polar surface area (TPSA) is 52.6 Å². The Morgan fingerprint density at radius 1 is 1.09 bits per heavy atom. The van der Waals surface area contributed by atoms with E-state index in [9.17, 15) is 9.59 Å². The number of benzene rings is 2. The molecule has 0 amide bonds. The first-order valence-electron chi connectivity index (χ1n) is 6.93. The first-order chi connectivity index (χ1) is 11.0. The number of carbonyl (C=O) groups excluding carboxylic acids is 2. The Kier molecular flexibility index (Phi) is 5.19. The van der Waals surface area contributed by atoms with Gasteiger partial charge < -0.3 is 9.47 Å². The molecule has 118 valence electrons. The second-order valence-electron chi connectivity index (χ2n) is 4.66. The van der Waals surface area contributed by atoms with E-state index in [0.29, 0.717) is 33.7 Å². The number of esters is 2. The lowest BCUT2D eigenvalue weighted by molar-refractivity contribution is -0.130. The Bertz CT molecular complexity index is 808. The molecule has 0 saturated carbocycles. The van der Waals surface area contributed by atoms with E-state index in [1.807, 2.05) is 6.92 Å². The first-order valence-corrected chi connectivity index (χ1v) is 7.31. The van der Waals surface area contributed by atoms with Crippen molar-refractivity contribution in [3.05, 3.63) is 60.2 Å². The third-order valence-corrected chi connectivity index (χ3v) is 3.45. The van der Waals surface area contributed by atoms with Crippen LogP contribution in [0.5, 0.6) is 11.5 Å². The molecule has 4 nitrogen and oxygen atoms in total. The molecule has 0 spiro atoms. The van der Waals surface area contributed by atoms with Gasteiger partial charge in [0.25, 0.3) is 0 Å². The molecule has 0 atom stereocenters. The number of rotatable bonds is 5. The average Bonchev–Trinajstić information content (AvgIpc) is 2.56. The third-order valence-electron chi connectivity index (χ3n) is 3.22. The van der Waals surface area contributed by atoms with Crippen molar-refractivity contribution < 1.29 is 19.1 Å². The molecular formula is C18H15ClO4. The fourth-order valence-corrected chi connectivity index (χ4v) is 2.32. The minimum Gasteiger partial charge on any atom is -0.423 e. The summed E-state index contributed by atoms with van der Waals surface area (Å²) in [6.07, 6.45) is 2.75. The first kappa shape index (κ1) is 16.8. The third kappa shape index (κ3) is 3.60. The maximum absolute atomic E-state index is 11.6. The van der Waals surface area contributed by atoms with Crippen molar-refractivity contribution in [2.24, 2.45) is 0 Å². The molecule has 0 radical (unpaired) electrons. The molecule has 0 N–H and O–H groups in total. The maximum atomic E-state index is 11.6. The zero-order valence-corrected chi connectivity index (χ0v) is 13.4. The van der Waals surface area contributed by atoms with Crippen molar-refractivity contribution in [2.75, 3.05) is 0 Å². The number of hydrogen-bond acceptors (Lipinski definition) is 4. The molecule has 0 saturated heterocycles. The van der Waals surface area contributed by atoms with Crippen LogP contribution in [0.1, 0.15) is 12.5 Å². The van der Waals surface area contributed by atoms with Crippen LogP contribution in [0, 0.1) is 0 Å². The molecule has 0 heterocycles. The predicted octanol–water partition coefficient (Wildman–Crippen LogP) is 4.24. The summed E-state index contributed by atoms with van der Waals surface area (Å²) in [6, 6.07) is 6.69. The SMILES string of the molecule is C=CC(=O)Oc1cc(CC)c(OC(=O)C=C)c2ccc(Cl)cc12. The van der Waals surface area contributed by atoms with E-state index in [0.717, 1.165) is 17.7 Å². The zero-order chi connectivity index (χ0) is 17.0. The van der Waals surface area contributed by atoms with Crippen LogP contribution >= 0.6 is 11.6 Å². The largest absolute Gasteiger partial charge is 0.423 e. The molecule has 2 aromatic carbocycles. The van der Waals surface area contributed by atoms with Gasteiger partial charge in [0.15, 0.2) is 0 Å². The summed E-state index contributed by atoms with van der Waals surface area (Å²) in [5.74, 6) is -0.402. The summed E-state index contributed by atoms with van der Waals surface area (Å²) >= 11 is 6.04. The van der Waals surface area contributed by atoms with Crippen molar-refractivity contribution >= 4 is 34.3 Å². The highest BCUT2D eigenvalue weighted by atomic mass is 35.5. The van der Waals surface area contributed by atoms with Crippen LogP contribution in [0.25, 0.3) is 10.8 Å². The van der Waals surface area contributed by atoms with Crippen LogP contribution in [0.4, 0.5) is 0 Å². The number of hydrogen-bond donors (Lipinski definition) is 0. The van der Waals surface area contributed by atoms with Crippen LogP contribution < -0.4 is 9.47 Å². The van der Waals surface area contributed by atoms with E-state index in [-0.39, 0.29) is 0 Å². The molecule has 2 rings (SSSR count). The molecule has 0 unspecified atom stereocenters. The minimum atomic E-state index is -0.579. The Labute approximate surface area is 139 Å². The number of ether oxygens (including phenoxy) is 2. The van der Waals surface area contributed by atoms with Gasteiger partial charge in [-0.2, -0.15) is 0 Å². The Balaban J connectivity index is 2.73. The number of fused-ring (bicyclic) bond motifs is 1. The lowest BCUT2D eigenvalue weighted by Crippen LogP contribution is -2.08. The molecule has 23 heavy (non-hydrogen) atoms. The Hall–Kier alpha value is -2.59. The van der Waals surface area contributed by atoms with Crippen LogP contribution in [-0.2, 0) is 16.0 Å². The van der Waals surface area contributed by atoms with E-state index in [1.165, 1.54) is 0 Å². The molecule has 0 bridgehead atoms. The van der Waals surface area contributed by atoms with E-state index in [2.05, 4.69) is 13.2 Å². The van der Waals surface area contributed by atoms with Gasteiger partial charge in [0, 0.05) is 27.9 Å². The predicted molar refractivity (Wildman–Crippen MR) is 90.0 cm³/mol. The van der Waals surface area contributed by atoms with Crippen LogP contribution in [0.15, 0.2) is 49.6 Å². The van der Waals surface area contributed by atoms with Gasteiger partial charge in [0.2, 0.25) is 0 Å². The molecule has 0 aliphatic carbocycles. The van der Waals surface area contributed by atoms with E-state index >= 15 is 0 Å². The Morgan fingerprint density at radius 3 is 2.35 bits per heavy atom. The van der Waals surface area contributed by atoms with Gasteiger partial charge in [-0.15, -0.1) is 0 Å². The quantitative estimate of drug-likeness (QED) is 0.467. The fraction of sp³-hybridized carbons (Fsp3) is 0.111. The second-order valence-corrected chi connectivity index (χ2v) is 5.09. The fourth-order valence-electron chi connectivity index (χ4n) is 2.15. The van der Waals surface area contributed by atoms with Crippen LogP contribution in [-0.4, -0.2) is 11.9 Å². The highest BCUT2D eigenvalue weighted by Gasteiger charge is 2.17. The molecular weight excluding hydrogens is 316 g/mol. The van der Waals surface area contributed by atoms with Crippen molar-refractivity contribution in [2.45, 2.75) is 13.3 Å². The summed E-state index contributed by atoms with van der Waals surface area (Å²) < 4.78 is 10.6. The molecule has 0 fully saturated rings. The average molecular weight is 331 g/mol. The van der Waals surface area contributed by atoms with Gasteiger partial charge in [0.05, 0.1) is 0 Å². The molecule has 0 aliphatic heterocycles. The maximum Gasteiger partial charge on any atom is 0.335 e. The summed E-state index contributed by atoms with van der Waals surface area (Å²) in [5, 5.41) is 1.66.